The Kier molecular flexibility index (Phi) is 9.97. The Labute approximate surface area is 176 Å². The number of hydrogen-bond acceptors (Lipinski definition) is 6. The largest absolute Gasteiger partial charge is 0.444 e. The molecule has 166 valence electrons. The summed E-state index contributed by atoms with van der Waals surface area (Å²) in [7, 11) is 0. The molecule has 2 unspecified atom stereocenters. The fourth-order valence-corrected chi connectivity index (χ4v) is 2.61. The van der Waals surface area contributed by atoms with Crippen LogP contribution < -0.4 is 16.0 Å². The zero-order valence-electron chi connectivity index (χ0n) is 17.8. The number of nitrogens with one attached hydrogen (secondary N) is 3. The topological polar surface area (TPSA) is 134 Å². The molecule has 0 saturated heterocycles. The minimum atomic E-state index is -1.57. The number of aliphatic hydroxyl groups excluding tert-OH is 1. The molecular formula is C21H31N3O6. The Morgan fingerprint density at radius 2 is 1.77 bits per heavy atom. The molecule has 3 amide bonds. The number of ether oxygens (including phenoxy) is 1. The lowest BCUT2D eigenvalue weighted by Gasteiger charge is -2.26. The fraction of sp³-hybridized carbons (Fsp3) is 0.524. The Hall–Kier alpha value is -2.94. The van der Waals surface area contributed by atoms with Gasteiger partial charge in [0.1, 0.15) is 17.9 Å². The Morgan fingerprint density at radius 1 is 1.13 bits per heavy atom. The smallest absolute Gasteiger partial charge is 0.407 e. The zero-order chi connectivity index (χ0) is 22.7. The van der Waals surface area contributed by atoms with Crippen LogP contribution >= 0.6 is 0 Å². The van der Waals surface area contributed by atoms with Crippen molar-refractivity contribution in [3.63, 3.8) is 0 Å². The molecule has 0 radical (unpaired) electrons. The molecule has 9 heteroatoms. The van der Waals surface area contributed by atoms with Gasteiger partial charge in [0.25, 0.3) is 5.91 Å². The third kappa shape index (κ3) is 9.04. The molecule has 0 bridgehead atoms. The second kappa shape index (κ2) is 11.9. The monoisotopic (exact) mass is 421 g/mol. The van der Waals surface area contributed by atoms with Gasteiger partial charge in [-0.05, 0) is 32.8 Å². The van der Waals surface area contributed by atoms with Crippen LogP contribution in [0, 0.1) is 0 Å². The van der Waals surface area contributed by atoms with Crippen LogP contribution in [0.5, 0.6) is 0 Å². The molecule has 9 nitrogen and oxygen atoms in total. The summed E-state index contributed by atoms with van der Waals surface area (Å²) in [4.78, 5) is 47.5. The Morgan fingerprint density at radius 3 is 2.30 bits per heavy atom. The average Bonchev–Trinajstić information content (AvgIpc) is 2.68. The lowest BCUT2D eigenvalue weighted by molar-refractivity contribution is -0.133. The van der Waals surface area contributed by atoms with Crippen molar-refractivity contribution in [1.29, 1.82) is 0 Å². The van der Waals surface area contributed by atoms with E-state index in [0.29, 0.717) is 24.7 Å². The lowest BCUT2D eigenvalue weighted by atomic mass is 10.1. The highest BCUT2D eigenvalue weighted by atomic mass is 16.6. The van der Waals surface area contributed by atoms with Gasteiger partial charge in [0.05, 0.1) is 12.6 Å². The van der Waals surface area contributed by atoms with Gasteiger partial charge in [-0.2, -0.15) is 0 Å². The van der Waals surface area contributed by atoms with Crippen LogP contribution in [0.15, 0.2) is 30.3 Å². The van der Waals surface area contributed by atoms with Gasteiger partial charge in [-0.25, -0.2) is 4.79 Å². The third-order valence-corrected chi connectivity index (χ3v) is 3.99. The van der Waals surface area contributed by atoms with Crippen molar-refractivity contribution >= 4 is 24.2 Å². The van der Waals surface area contributed by atoms with Gasteiger partial charge in [0, 0.05) is 0 Å². The molecule has 3 atom stereocenters. The molecule has 0 aliphatic rings. The predicted octanol–water partition coefficient (Wildman–Crippen LogP) is 1.21. The van der Waals surface area contributed by atoms with Crippen LogP contribution in [0.25, 0.3) is 0 Å². The molecule has 4 N–H and O–H groups in total. The zero-order valence-corrected chi connectivity index (χ0v) is 17.8. The molecular weight excluding hydrogens is 390 g/mol. The first kappa shape index (κ1) is 25.1. The van der Waals surface area contributed by atoms with E-state index in [9.17, 15) is 24.3 Å². The van der Waals surface area contributed by atoms with Crippen LogP contribution in [0.3, 0.4) is 0 Å². The van der Waals surface area contributed by atoms with Crippen molar-refractivity contribution in [3.05, 3.63) is 35.9 Å². The quantitative estimate of drug-likeness (QED) is 0.420. The normalized spacial score (nSPS) is 14.0. The highest BCUT2D eigenvalue weighted by molar-refractivity contribution is 5.88. The predicted molar refractivity (Wildman–Crippen MR) is 110 cm³/mol. The van der Waals surface area contributed by atoms with Gasteiger partial charge >= 0.3 is 6.09 Å². The van der Waals surface area contributed by atoms with Crippen LogP contribution in [-0.4, -0.2) is 53.6 Å². The van der Waals surface area contributed by atoms with E-state index >= 15 is 0 Å². The van der Waals surface area contributed by atoms with Gasteiger partial charge in [0.2, 0.25) is 5.91 Å². The third-order valence-electron chi connectivity index (χ3n) is 3.99. The molecule has 30 heavy (non-hydrogen) atoms. The van der Waals surface area contributed by atoms with Crippen molar-refractivity contribution in [3.8, 4) is 0 Å². The van der Waals surface area contributed by atoms with Crippen LogP contribution in [0.2, 0.25) is 0 Å². The first-order chi connectivity index (χ1) is 14.1. The molecule has 0 aliphatic carbocycles. The first-order valence-corrected chi connectivity index (χ1v) is 9.82. The van der Waals surface area contributed by atoms with Crippen molar-refractivity contribution in [2.24, 2.45) is 0 Å². The van der Waals surface area contributed by atoms with E-state index in [1.165, 1.54) is 0 Å². The van der Waals surface area contributed by atoms with Crippen molar-refractivity contribution in [2.45, 2.75) is 64.3 Å². The van der Waals surface area contributed by atoms with Crippen molar-refractivity contribution in [1.82, 2.24) is 16.0 Å². The van der Waals surface area contributed by atoms with Crippen LogP contribution in [0.4, 0.5) is 4.79 Å². The number of rotatable bonds is 10. The molecule has 0 aliphatic heterocycles. The second-order valence-corrected chi connectivity index (χ2v) is 7.80. The van der Waals surface area contributed by atoms with E-state index in [1.807, 2.05) is 6.92 Å². The van der Waals surface area contributed by atoms with E-state index < -0.39 is 48.2 Å². The number of amides is 3. The highest BCUT2D eigenvalue weighted by Crippen LogP contribution is 2.10. The highest BCUT2D eigenvalue weighted by Gasteiger charge is 2.29. The SMILES string of the molecule is CCCC(NC(=O)OC(C)(C)C)C(O)C(=O)NCC(=O)N[C@H](C=O)c1ccccc1. The molecule has 0 saturated carbocycles. The summed E-state index contributed by atoms with van der Waals surface area (Å²) < 4.78 is 5.15. The van der Waals surface area contributed by atoms with Crippen LogP contribution in [-0.2, 0) is 19.1 Å². The van der Waals surface area contributed by atoms with Gasteiger partial charge in [-0.3, -0.25) is 9.59 Å². The summed E-state index contributed by atoms with van der Waals surface area (Å²) in [6.07, 6.45) is -0.792. The van der Waals surface area contributed by atoms with E-state index in [2.05, 4.69) is 16.0 Å². The molecule has 0 spiro atoms. The van der Waals surface area contributed by atoms with E-state index in [0.717, 1.165) is 0 Å². The first-order valence-electron chi connectivity index (χ1n) is 9.82. The van der Waals surface area contributed by atoms with Gasteiger partial charge in [-0.15, -0.1) is 0 Å². The maximum Gasteiger partial charge on any atom is 0.407 e. The molecule has 1 aromatic rings. The molecule has 1 rings (SSSR count). The Bertz CT molecular complexity index is 717. The summed E-state index contributed by atoms with van der Waals surface area (Å²) in [5.74, 6) is -1.41. The maximum atomic E-state index is 12.3. The molecule has 0 aromatic heterocycles. The lowest BCUT2D eigenvalue weighted by Crippen LogP contribution is -2.52. The number of carbonyl (C=O) groups is 4. The maximum absolute atomic E-state index is 12.3. The molecule has 0 heterocycles. The van der Waals surface area contributed by atoms with Gasteiger partial charge < -0.3 is 30.6 Å². The number of hydrogen-bond donors (Lipinski definition) is 4. The van der Waals surface area contributed by atoms with E-state index in [1.54, 1.807) is 51.1 Å². The fourth-order valence-electron chi connectivity index (χ4n) is 2.61. The summed E-state index contributed by atoms with van der Waals surface area (Å²) in [6.45, 7) is 6.50. The van der Waals surface area contributed by atoms with Crippen molar-refractivity contribution < 1.29 is 29.0 Å². The summed E-state index contributed by atoms with van der Waals surface area (Å²) in [6, 6.07) is 6.93. The number of aldehydes is 1. The minimum absolute atomic E-state index is 0.335. The number of alkyl carbamates (subject to hydrolysis) is 1. The number of aliphatic hydroxyl groups is 1. The summed E-state index contributed by atoms with van der Waals surface area (Å²) in [5, 5.41) is 17.6. The summed E-state index contributed by atoms with van der Waals surface area (Å²) >= 11 is 0. The summed E-state index contributed by atoms with van der Waals surface area (Å²) in [5.41, 5.74) is -0.114. The Balaban J connectivity index is 2.60. The standard InChI is InChI=1S/C21H31N3O6/c1-5-9-15(24-20(29)30-21(2,3)4)18(27)19(28)22-12-17(26)23-16(13-25)14-10-7-6-8-11-14/h6-8,10-11,13,15-16,18,27H,5,9,12H2,1-4H3,(H,22,28)(H,23,26)(H,24,29)/t15?,16-,18?/m1/s1. The second-order valence-electron chi connectivity index (χ2n) is 7.80. The number of benzene rings is 1. The number of carbonyl (C=O) groups excluding carboxylic acids is 4. The van der Waals surface area contributed by atoms with Crippen LogP contribution in [0.1, 0.15) is 52.1 Å². The molecule has 1 aromatic carbocycles. The van der Waals surface area contributed by atoms with E-state index in [-0.39, 0.29) is 0 Å². The van der Waals surface area contributed by atoms with Gasteiger partial charge in [-0.1, -0.05) is 43.7 Å². The minimum Gasteiger partial charge on any atom is -0.444 e. The van der Waals surface area contributed by atoms with E-state index in [4.69, 9.17) is 4.74 Å². The average molecular weight is 421 g/mol. The van der Waals surface area contributed by atoms with Gasteiger partial charge in [0.15, 0.2) is 6.10 Å². The van der Waals surface area contributed by atoms with Crippen molar-refractivity contribution in [2.75, 3.05) is 6.54 Å². The molecule has 0 fully saturated rings.